The van der Waals surface area contributed by atoms with Crippen molar-refractivity contribution < 1.29 is 4.79 Å². The highest BCUT2D eigenvalue weighted by molar-refractivity contribution is 5.86. The fraction of sp³-hybridized carbons (Fsp3) is 0.769. The van der Waals surface area contributed by atoms with Crippen molar-refractivity contribution in [3.05, 3.63) is 12.2 Å². The molecular formula is C13H23N5O. The minimum absolute atomic E-state index is 0.133. The SMILES string of the molecule is CCCC1(C(=O)NCCc2nncn2C)CCCN1. The van der Waals surface area contributed by atoms with Crippen LogP contribution in [-0.2, 0) is 18.3 Å². The van der Waals surface area contributed by atoms with Crippen molar-refractivity contribution in [3.8, 4) is 0 Å². The zero-order chi connectivity index (χ0) is 13.7. The maximum Gasteiger partial charge on any atom is 0.240 e. The van der Waals surface area contributed by atoms with Crippen molar-refractivity contribution in [2.75, 3.05) is 13.1 Å². The van der Waals surface area contributed by atoms with Gasteiger partial charge in [0.1, 0.15) is 12.2 Å². The number of aromatic nitrogens is 3. The molecule has 2 N–H and O–H groups in total. The Kier molecular flexibility index (Phi) is 4.52. The molecule has 2 heterocycles. The fourth-order valence-electron chi connectivity index (χ4n) is 2.74. The van der Waals surface area contributed by atoms with Crippen LogP contribution < -0.4 is 10.6 Å². The van der Waals surface area contributed by atoms with Gasteiger partial charge in [0.15, 0.2) is 0 Å². The molecule has 0 bridgehead atoms. The molecule has 0 radical (unpaired) electrons. The number of hydrogen-bond acceptors (Lipinski definition) is 4. The third-order valence-corrected chi connectivity index (χ3v) is 3.79. The lowest BCUT2D eigenvalue weighted by atomic mass is 9.91. The van der Waals surface area contributed by atoms with Crippen LogP contribution in [0.3, 0.4) is 0 Å². The first-order valence-electron chi connectivity index (χ1n) is 7.04. The normalized spacial score (nSPS) is 22.6. The summed E-state index contributed by atoms with van der Waals surface area (Å²) >= 11 is 0. The molecule has 1 atom stereocenters. The Balaban J connectivity index is 1.84. The topological polar surface area (TPSA) is 71.8 Å². The Bertz CT molecular complexity index is 422. The average Bonchev–Trinajstić information content (AvgIpc) is 3.01. The molecule has 1 unspecified atom stereocenters. The Hall–Kier alpha value is -1.43. The maximum absolute atomic E-state index is 12.4. The molecule has 2 rings (SSSR count). The van der Waals surface area contributed by atoms with E-state index in [4.69, 9.17) is 0 Å². The van der Waals surface area contributed by atoms with E-state index < -0.39 is 0 Å². The van der Waals surface area contributed by atoms with Gasteiger partial charge < -0.3 is 15.2 Å². The standard InChI is InChI=1S/C13H23N5O/c1-3-6-13(7-4-8-15-13)12(19)14-9-5-11-17-16-10-18(11)2/h10,15H,3-9H2,1-2H3,(H,14,19). The summed E-state index contributed by atoms with van der Waals surface area (Å²) in [5.41, 5.74) is -0.339. The second-order valence-corrected chi connectivity index (χ2v) is 5.23. The lowest BCUT2D eigenvalue weighted by Crippen LogP contribution is -2.53. The minimum atomic E-state index is -0.339. The third-order valence-electron chi connectivity index (χ3n) is 3.79. The zero-order valence-corrected chi connectivity index (χ0v) is 11.8. The average molecular weight is 265 g/mol. The van der Waals surface area contributed by atoms with E-state index in [1.165, 1.54) is 0 Å². The molecule has 0 aromatic carbocycles. The molecule has 6 heteroatoms. The summed E-state index contributed by atoms with van der Waals surface area (Å²) < 4.78 is 1.88. The highest BCUT2D eigenvalue weighted by Crippen LogP contribution is 2.24. The lowest BCUT2D eigenvalue weighted by molar-refractivity contribution is -0.127. The quantitative estimate of drug-likeness (QED) is 0.781. The smallest absolute Gasteiger partial charge is 0.240 e. The number of hydrogen-bond donors (Lipinski definition) is 2. The largest absolute Gasteiger partial charge is 0.354 e. The number of carbonyl (C=O) groups excluding carboxylic acids is 1. The van der Waals surface area contributed by atoms with Crippen LogP contribution in [0.1, 0.15) is 38.4 Å². The summed E-state index contributed by atoms with van der Waals surface area (Å²) in [5, 5.41) is 14.3. The maximum atomic E-state index is 12.4. The number of carbonyl (C=O) groups is 1. The van der Waals surface area contributed by atoms with Gasteiger partial charge in [0.05, 0.1) is 5.54 Å². The molecule has 106 valence electrons. The molecule has 1 amide bonds. The molecule has 0 saturated carbocycles. The molecule has 0 aliphatic carbocycles. The molecule has 1 aromatic heterocycles. The van der Waals surface area contributed by atoms with Gasteiger partial charge in [-0.15, -0.1) is 10.2 Å². The summed E-state index contributed by atoms with van der Waals surface area (Å²) in [6, 6.07) is 0. The number of nitrogens with zero attached hydrogens (tertiary/aromatic N) is 3. The van der Waals surface area contributed by atoms with E-state index >= 15 is 0 Å². The van der Waals surface area contributed by atoms with Gasteiger partial charge in [0.25, 0.3) is 0 Å². The van der Waals surface area contributed by atoms with Crippen molar-refractivity contribution >= 4 is 5.91 Å². The molecule has 1 fully saturated rings. The molecule has 6 nitrogen and oxygen atoms in total. The predicted octanol–water partition coefficient (Wildman–Crippen LogP) is 0.396. The summed E-state index contributed by atoms with van der Waals surface area (Å²) in [5.74, 6) is 1.03. The van der Waals surface area contributed by atoms with E-state index in [2.05, 4.69) is 27.8 Å². The van der Waals surface area contributed by atoms with E-state index in [9.17, 15) is 4.79 Å². The van der Waals surface area contributed by atoms with Crippen LogP contribution in [0.15, 0.2) is 6.33 Å². The zero-order valence-electron chi connectivity index (χ0n) is 11.8. The number of amides is 1. The monoisotopic (exact) mass is 265 g/mol. The first-order valence-corrected chi connectivity index (χ1v) is 7.04. The molecule has 1 aliphatic heterocycles. The van der Waals surface area contributed by atoms with Gasteiger partial charge in [-0.3, -0.25) is 4.79 Å². The lowest BCUT2D eigenvalue weighted by Gasteiger charge is -2.27. The Morgan fingerprint density at radius 1 is 1.63 bits per heavy atom. The molecule has 0 spiro atoms. The molecule has 19 heavy (non-hydrogen) atoms. The van der Waals surface area contributed by atoms with E-state index in [-0.39, 0.29) is 11.4 Å². The van der Waals surface area contributed by atoms with Crippen molar-refractivity contribution in [2.24, 2.45) is 7.05 Å². The van der Waals surface area contributed by atoms with Gasteiger partial charge in [-0.1, -0.05) is 13.3 Å². The minimum Gasteiger partial charge on any atom is -0.354 e. The summed E-state index contributed by atoms with van der Waals surface area (Å²) in [6.45, 7) is 3.67. The molecule has 1 aliphatic rings. The fourth-order valence-corrected chi connectivity index (χ4v) is 2.74. The summed E-state index contributed by atoms with van der Waals surface area (Å²) in [4.78, 5) is 12.4. The van der Waals surface area contributed by atoms with Gasteiger partial charge in [0, 0.05) is 20.0 Å². The van der Waals surface area contributed by atoms with Gasteiger partial charge in [-0.25, -0.2) is 0 Å². The third kappa shape index (κ3) is 3.12. The van der Waals surface area contributed by atoms with E-state index in [1.54, 1.807) is 6.33 Å². The highest BCUT2D eigenvalue weighted by atomic mass is 16.2. The highest BCUT2D eigenvalue weighted by Gasteiger charge is 2.39. The van der Waals surface area contributed by atoms with Gasteiger partial charge in [-0.2, -0.15) is 0 Å². The summed E-state index contributed by atoms with van der Waals surface area (Å²) in [7, 11) is 1.91. The molecule has 1 aromatic rings. The first kappa shape index (κ1) is 14.0. The van der Waals surface area contributed by atoms with Crippen LogP contribution in [0.4, 0.5) is 0 Å². The first-order chi connectivity index (χ1) is 9.18. The van der Waals surface area contributed by atoms with Crippen LogP contribution in [0, 0.1) is 0 Å². The predicted molar refractivity (Wildman–Crippen MR) is 72.6 cm³/mol. The Labute approximate surface area is 114 Å². The van der Waals surface area contributed by atoms with E-state index in [0.29, 0.717) is 13.0 Å². The van der Waals surface area contributed by atoms with Crippen LogP contribution in [0.25, 0.3) is 0 Å². The second kappa shape index (κ2) is 6.14. The molecular weight excluding hydrogens is 242 g/mol. The second-order valence-electron chi connectivity index (χ2n) is 5.23. The van der Waals surface area contributed by atoms with Crippen LogP contribution in [0.5, 0.6) is 0 Å². The van der Waals surface area contributed by atoms with Crippen molar-refractivity contribution in [2.45, 2.75) is 44.6 Å². The van der Waals surface area contributed by atoms with Crippen molar-refractivity contribution in [1.82, 2.24) is 25.4 Å². The van der Waals surface area contributed by atoms with Crippen molar-refractivity contribution in [1.29, 1.82) is 0 Å². The number of aryl methyl sites for hydroxylation is 1. The number of rotatable bonds is 6. The Morgan fingerprint density at radius 2 is 2.47 bits per heavy atom. The van der Waals surface area contributed by atoms with Crippen LogP contribution >= 0.6 is 0 Å². The van der Waals surface area contributed by atoms with Gasteiger partial charge in [-0.05, 0) is 25.8 Å². The molecule has 1 saturated heterocycles. The van der Waals surface area contributed by atoms with Gasteiger partial charge in [0.2, 0.25) is 5.91 Å². The van der Waals surface area contributed by atoms with Crippen LogP contribution in [-0.4, -0.2) is 39.3 Å². The Morgan fingerprint density at radius 3 is 3.05 bits per heavy atom. The van der Waals surface area contributed by atoms with E-state index in [0.717, 1.165) is 38.1 Å². The van der Waals surface area contributed by atoms with Gasteiger partial charge >= 0.3 is 0 Å². The van der Waals surface area contributed by atoms with Crippen LogP contribution in [0.2, 0.25) is 0 Å². The van der Waals surface area contributed by atoms with E-state index in [1.807, 2.05) is 11.6 Å². The van der Waals surface area contributed by atoms with Crippen molar-refractivity contribution in [3.63, 3.8) is 0 Å². The summed E-state index contributed by atoms with van der Waals surface area (Å²) in [6.07, 6.45) is 6.33. The number of nitrogens with one attached hydrogen (secondary N) is 2.